The highest BCUT2D eigenvalue weighted by Crippen LogP contribution is 2.27. The van der Waals surface area contributed by atoms with Crippen LogP contribution in [0, 0.1) is 18.3 Å². The van der Waals surface area contributed by atoms with Gasteiger partial charge in [0.15, 0.2) is 0 Å². The van der Waals surface area contributed by atoms with Gasteiger partial charge in [-0.1, -0.05) is 63.9 Å². The van der Waals surface area contributed by atoms with Crippen molar-refractivity contribution < 1.29 is 9.53 Å². The number of benzene rings is 3. The summed E-state index contributed by atoms with van der Waals surface area (Å²) in [6.07, 6.45) is 1.50. The van der Waals surface area contributed by atoms with Crippen LogP contribution in [0.1, 0.15) is 16.7 Å². The van der Waals surface area contributed by atoms with Gasteiger partial charge < -0.3 is 10.1 Å². The minimum atomic E-state index is -0.474. The van der Waals surface area contributed by atoms with Gasteiger partial charge in [-0.15, -0.1) is 0 Å². The van der Waals surface area contributed by atoms with E-state index in [1.807, 2.05) is 55.5 Å². The molecule has 0 atom stereocenters. The third-order valence-electron chi connectivity index (χ3n) is 4.33. The molecule has 1 amide bonds. The lowest BCUT2D eigenvalue weighted by molar-refractivity contribution is -0.112. The van der Waals surface area contributed by atoms with Gasteiger partial charge in [0, 0.05) is 10.2 Å². The second-order valence-corrected chi connectivity index (χ2v) is 7.87. The van der Waals surface area contributed by atoms with Gasteiger partial charge in [0.05, 0.1) is 5.02 Å². The van der Waals surface area contributed by atoms with Gasteiger partial charge in [-0.3, -0.25) is 4.79 Å². The Hall–Kier alpha value is -3.07. The maximum Gasteiger partial charge on any atom is 0.266 e. The topological polar surface area (TPSA) is 62.1 Å². The lowest BCUT2D eigenvalue weighted by atomic mass is 10.1. The number of halogens is 2. The zero-order chi connectivity index (χ0) is 21.5. The summed E-state index contributed by atoms with van der Waals surface area (Å²) in [4.78, 5) is 12.5. The van der Waals surface area contributed by atoms with E-state index in [2.05, 4.69) is 21.2 Å². The fourth-order valence-electron chi connectivity index (χ4n) is 2.68. The van der Waals surface area contributed by atoms with E-state index in [1.54, 1.807) is 24.3 Å². The molecule has 1 N–H and O–H groups in total. The summed E-state index contributed by atoms with van der Waals surface area (Å²) in [5.41, 5.74) is 3.21. The van der Waals surface area contributed by atoms with Gasteiger partial charge in [-0.05, 0) is 60.0 Å². The molecule has 0 aromatic heterocycles. The van der Waals surface area contributed by atoms with Crippen LogP contribution in [0.5, 0.6) is 5.75 Å². The Morgan fingerprint density at radius 3 is 2.57 bits per heavy atom. The summed E-state index contributed by atoms with van der Waals surface area (Å²) in [5.74, 6) is 0.0538. The van der Waals surface area contributed by atoms with Gasteiger partial charge >= 0.3 is 0 Å². The lowest BCUT2D eigenvalue weighted by Crippen LogP contribution is -2.14. The van der Waals surface area contributed by atoms with Crippen molar-refractivity contribution >= 4 is 45.2 Å². The molecule has 0 aliphatic rings. The van der Waals surface area contributed by atoms with Crippen LogP contribution in [0.25, 0.3) is 6.08 Å². The second-order valence-electron chi connectivity index (χ2n) is 6.54. The van der Waals surface area contributed by atoms with Crippen molar-refractivity contribution in [1.82, 2.24) is 0 Å². The minimum absolute atomic E-state index is 0.0159. The quantitative estimate of drug-likeness (QED) is 0.321. The molecule has 0 saturated carbocycles. The van der Waals surface area contributed by atoms with Crippen molar-refractivity contribution in [2.24, 2.45) is 0 Å². The predicted octanol–water partition coefficient (Wildman–Crippen LogP) is 6.54. The highest BCUT2D eigenvalue weighted by Gasteiger charge is 2.11. The Balaban J connectivity index is 1.71. The molecule has 0 aliphatic heterocycles. The third-order valence-corrected chi connectivity index (χ3v) is 5.16. The molecule has 0 saturated heterocycles. The number of carbonyl (C=O) groups is 1. The standard InChI is InChI=1S/C24H18BrClN2O2/c1-16-4-2-3-5-22(16)28-24(29)19(14-27)12-18-8-11-23(21(26)13-18)30-15-17-6-9-20(25)10-7-17/h2-13H,15H2,1H3,(H,28,29)/b19-12+. The zero-order valence-electron chi connectivity index (χ0n) is 16.2. The van der Waals surface area contributed by atoms with Crippen molar-refractivity contribution in [3.05, 3.63) is 98.5 Å². The predicted molar refractivity (Wildman–Crippen MR) is 123 cm³/mol. The van der Waals surface area contributed by atoms with E-state index in [0.29, 0.717) is 28.6 Å². The molecule has 0 heterocycles. The molecule has 0 spiro atoms. The van der Waals surface area contributed by atoms with Crippen molar-refractivity contribution in [2.45, 2.75) is 13.5 Å². The van der Waals surface area contributed by atoms with Crippen LogP contribution in [-0.4, -0.2) is 5.91 Å². The van der Waals surface area contributed by atoms with Gasteiger partial charge in [-0.25, -0.2) is 0 Å². The van der Waals surface area contributed by atoms with Gasteiger partial charge in [-0.2, -0.15) is 5.26 Å². The summed E-state index contributed by atoms with van der Waals surface area (Å²) in [6.45, 7) is 2.27. The third kappa shape index (κ3) is 5.73. The molecule has 3 aromatic carbocycles. The molecule has 4 nitrogen and oxygen atoms in total. The van der Waals surface area contributed by atoms with Crippen LogP contribution in [0.3, 0.4) is 0 Å². The highest BCUT2D eigenvalue weighted by molar-refractivity contribution is 9.10. The average Bonchev–Trinajstić information content (AvgIpc) is 2.74. The fraction of sp³-hybridized carbons (Fsp3) is 0.0833. The van der Waals surface area contributed by atoms with Crippen molar-refractivity contribution in [2.75, 3.05) is 5.32 Å². The molecule has 3 aromatic rings. The molecule has 0 fully saturated rings. The van der Waals surface area contributed by atoms with E-state index in [9.17, 15) is 10.1 Å². The first kappa shape index (κ1) is 21.6. The Labute approximate surface area is 188 Å². The number of amides is 1. The normalized spacial score (nSPS) is 10.9. The van der Waals surface area contributed by atoms with E-state index in [4.69, 9.17) is 16.3 Å². The first-order valence-electron chi connectivity index (χ1n) is 9.12. The van der Waals surface area contributed by atoms with Crippen molar-refractivity contribution in [1.29, 1.82) is 5.26 Å². The maximum absolute atomic E-state index is 12.5. The summed E-state index contributed by atoms with van der Waals surface area (Å²) in [6, 6.07) is 22.3. The van der Waals surface area contributed by atoms with Crippen LogP contribution in [-0.2, 0) is 11.4 Å². The molecule has 3 rings (SSSR count). The highest BCUT2D eigenvalue weighted by atomic mass is 79.9. The Morgan fingerprint density at radius 1 is 1.17 bits per heavy atom. The first-order chi connectivity index (χ1) is 14.5. The smallest absolute Gasteiger partial charge is 0.266 e. The second kappa shape index (κ2) is 10.1. The number of ether oxygens (including phenoxy) is 1. The number of para-hydroxylation sites is 1. The number of hydrogen-bond donors (Lipinski definition) is 1. The summed E-state index contributed by atoms with van der Waals surface area (Å²) in [5, 5.41) is 12.6. The molecule has 6 heteroatoms. The Morgan fingerprint density at radius 2 is 1.90 bits per heavy atom. The number of carbonyl (C=O) groups excluding carboxylic acids is 1. The number of nitriles is 1. The van der Waals surface area contributed by atoms with E-state index < -0.39 is 5.91 Å². The lowest BCUT2D eigenvalue weighted by Gasteiger charge is -2.09. The summed E-state index contributed by atoms with van der Waals surface area (Å²) >= 11 is 9.73. The summed E-state index contributed by atoms with van der Waals surface area (Å²) in [7, 11) is 0. The monoisotopic (exact) mass is 480 g/mol. The van der Waals surface area contributed by atoms with Gasteiger partial charge in [0.2, 0.25) is 0 Å². The zero-order valence-corrected chi connectivity index (χ0v) is 18.5. The molecule has 30 heavy (non-hydrogen) atoms. The van der Waals surface area contributed by atoms with Crippen LogP contribution >= 0.6 is 27.5 Å². The molecule has 0 aliphatic carbocycles. The number of aryl methyl sites for hydroxylation is 1. The number of hydrogen-bond acceptors (Lipinski definition) is 3. The maximum atomic E-state index is 12.5. The molecule has 150 valence electrons. The number of anilines is 1. The first-order valence-corrected chi connectivity index (χ1v) is 10.3. The number of rotatable bonds is 6. The number of nitrogens with zero attached hydrogens (tertiary/aromatic N) is 1. The van der Waals surface area contributed by atoms with Gasteiger partial charge in [0.25, 0.3) is 5.91 Å². The largest absolute Gasteiger partial charge is 0.487 e. The van der Waals surface area contributed by atoms with Crippen LogP contribution in [0.15, 0.2) is 76.8 Å². The molecular weight excluding hydrogens is 464 g/mol. The minimum Gasteiger partial charge on any atom is -0.487 e. The average molecular weight is 482 g/mol. The molecular formula is C24H18BrClN2O2. The molecule has 0 unspecified atom stereocenters. The Kier molecular flexibility index (Phi) is 7.29. The van der Waals surface area contributed by atoms with Gasteiger partial charge in [0.1, 0.15) is 24.0 Å². The van der Waals surface area contributed by atoms with E-state index >= 15 is 0 Å². The van der Waals surface area contributed by atoms with E-state index in [0.717, 1.165) is 15.6 Å². The molecule has 0 radical (unpaired) electrons. The molecule has 0 bridgehead atoms. The van der Waals surface area contributed by atoms with Crippen LogP contribution in [0.4, 0.5) is 5.69 Å². The SMILES string of the molecule is Cc1ccccc1NC(=O)/C(C#N)=C/c1ccc(OCc2ccc(Br)cc2)c(Cl)c1. The van der Waals surface area contributed by atoms with Crippen LogP contribution in [0.2, 0.25) is 5.02 Å². The van der Waals surface area contributed by atoms with Crippen LogP contribution < -0.4 is 10.1 Å². The summed E-state index contributed by atoms with van der Waals surface area (Å²) < 4.78 is 6.78. The number of nitrogens with one attached hydrogen (secondary N) is 1. The fourth-order valence-corrected chi connectivity index (χ4v) is 3.19. The van der Waals surface area contributed by atoms with E-state index in [-0.39, 0.29) is 5.57 Å². The van der Waals surface area contributed by atoms with Crippen molar-refractivity contribution in [3.8, 4) is 11.8 Å². The van der Waals surface area contributed by atoms with Crippen molar-refractivity contribution in [3.63, 3.8) is 0 Å². The Bertz CT molecular complexity index is 1130. The van der Waals surface area contributed by atoms with E-state index in [1.165, 1.54) is 6.08 Å².